The van der Waals surface area contributed by atoms with Crippen molar-refractivity contribution < 1.29 is 14.2 Å². The number of guanidine groups is 1. The minimum atomic E-state index is 0. The summed E-state index contributed by atoms with van der Waals surface area (Å²) in [6.07, 6.45) is 0. The number of nitrogens with one attached hydrogen (secondary N) is 2. The predicted molar refractivity (Wildman–Crippen MR) is 104 cm³/mol. The van der Waals surface area contributed by atoms with Gasteiger partial charge in [0.2, 0.25) is 0 Å². The molecule has 0 unspecified atom stereocenters. The molecule has 23 heavy (non-hydrogen) atoms. The molecule has 0 spiro atoms. The lowest BCUT2D eigenvalue weighted by Crippen LogP contribution is -2.38. The molecule has 2 N–H and O–H groups in total. The lowest BCUT2D eigenvalue weighted by molar-refractivity contribution is 0.203. The maximum absolute atomic E-state index is 5.51. The van der Waals surface area contributed by atoms with Crippen LogP contribution in [0.5, 0.6) is 11.5 Å². The maximum atomic E-state index is 5.51. The second-order valence-electron chi connectivity index (χ2n) is 4.53. The third kappa shape index (κ3) is 8.26. The van der Waals surface area contributed by atoms with E-state index in [2.05, 4.69) is 15.6 Å². The number of hydrogen-bond donors (Lipinski definition) is 2. The van der Waals surface area contributed by atoms with Gasteiger partial charge in [0.1, 0.15) is 0 Å². The van der Waals surface area contributed by atoms with Gasteiger partial charge in [0, 0.05) is 20.2 Å². The Morgan fingerprint density at radius 3 is 2.52 bits per heavy atom. The van der Waals surface area contributed by atoms with Gasteiger partial charge in [-0.3, -0.25) is 0 Å². The van der Waals surface area contributed by atoms with E-state index in [-0.39, 0.29) is 24.0 Å². The lowest BCUT2D eigenvalue weighted by atomic mass is 10.2. The van der Waals surface area contributed by atoms with Crippen LogP contribution in [-0.2, 0) is 11.3 Å². The summed E-state index contributed by atoms with van der Waals surface area (Å²) in [7, 11) is 3.32. The van der Waals surface area contributed by atoms with Crippen LogP contribution in [0.3, 0.4) is 0 Å². The van der Waals surface area contributed by atoms with Crippen LogP contribution in [0.4, 0.5) is 0 Å². The Labute approximate surface area is 156 Å². The number of halogens is 1. The van der Waals surface area contributed by atoms with Gasteiger partial charge in [0.05, 0.1) is 26.9 Å². The van der Waals surface area contributed by atoms with Gasteiger partial charge in [-0.2, -0.15) is 0 Å². The van der Waals surface area contributed by atoms with E-state index in [9.17, 15) is 0 Å². The van der Waals surface area contributed by atoms with Gasteiger partial charge in [-0.15, -0.1) is 24.0 Å². The maximum Gasteiger partial charge on any atom is 0.191 e. The molecule has 0 atom stereocenters. The molecular formula is C16H28IN3O3. The van der Waals surface area contributed by atoms with Crippen LogP contribution >= 0.6 is 24.0 Å². The van der Waals surface area contributed by atoms with Crippen LogP contribution in [0.15, 0.2) is 23.2 Å². The van der Waals surface area contributed by atoms with Crippen molar-refractivity contribution in [1.82, 2.24) is 10.6 Å². The number of ether oxygens (including phenoxy) is 3. The zero-order valence-corrected chi connectivity index (χ0v) is 16.7. The van der Waals surface area contributed by atoms with Crippen LogP contribution in [0.25, 0.3) is 0 Å². The SMILES string of the molecule is CCNC(=NCc1ccc(OCC)c(OC)c1)NCCOC.I. The van der Waals surface area contributed by atoms with E-state index < -0.39 is 0 Å². The highest BCUT2D eigenvalue weighted by Gasteiger charge is 2.05. The monoisotopic (exact) mass is 437 g/mol. The van der Waals surface area contributed by atoms with Crippen molar-refractivity contribution >= 4 is 29.9 Å². The fraction of sp³-hybridized carbons (Fsp3) is 0.562. The topological polar surface area (TPSA) is 64.1 Å². The van der Waals surface area contributed by atoms with E-state index in [0.717, 1.165) is 36.1 Å². The molecule has 6 nitrogen and oxygen atoms in total. The molecule has 1 rings (SSSR count). The Bertz CT molecular complexity index is 470. The first-order chi connectivity index (χ1) is 10.7. The van der Waals surface area contributed by atoms with E-state index in [4.69, 9.17) is 14.2 Å². The second kappa shape index (κ2) is 13.2. The first-order valence-corrected chi connectivity index (χ1v) is 7.55. The first-order valence-electron chi connectivity index (χ1n) is 7.55. The van der Waals surface area contributed by atoms with Gasteiger partial charge in [0.15, 0.2) is 17.5 Å². The van der Waals surface area contributed by atoms with Crippen LogP contribution in [-0.4, -0.2) is 46.5 Å². The molecule has 0 aliphatic rings. The molecular weight excluding hydrogens is 409 g/mol. The number of rotatable bonds is 9. The predicted octanol–water partition coefficient (Wildman–Crippen LogP) is 2.41. The molecule has 0 aromatic heterocycles. The van der Waals surface area contributed by atoms with E-state index in [1.54, 1.807) is 14.2 Å². The van der Waals surface area contributed by atoms with Crippen molar-refractivity contribution in [3.8, 4) is 11.5 Å². The van der Waals surface area contributed by atoms with Gasteiger partial charge in [0.25, 0.3) is 0 Å². The quantitative estimate of drug-likeness (QED) is 0.269. The van der Waals surface area contributed by atoms with E-state index >= 15 is 0 Å². The van der Waals surface area contributed by atoms with Gasteiger partial charge in [-0.05, 0) is 31.5 Å². The zero-order valence-electron chi connectivity index (χ0n) is 14.3. The average Bonchev–Trinajstić information content (AvgIpc) is 2.54. The fourth-order valence-electron chi connectivity index (χ4n) is 1.87. The summed E-state index contributed by atoms with van der Waals surface area (Å²) in [6.45, 7) is 7.33. The van der Waals surface area contributed by atoms with Crippen molar-refractivity contribution in [2.24, 2.45) is 4.99 Å². The molecule has 0 radical (unpaired) electrons. The van der Waals surface area contributed by atoms with Gasteiger partial charge < -0.3 is 24.8 Å². The smallest absolute Gasteiger partial charge is 0.191 e. The fourth-order valence-corrected chi connectivity index (χ4v) is 1.87. The summed E-state index contributed by atoms with van der Waals surface area (Å²) in [5, 5.41) is 6.41. The third-order valence-electron chi connectivity index (χ3n) is 2.89. The standard InChI is InChI=1S/C16H27N3O3.HI/c1-5-17-16(18-9-10-20-3)19-12-13-7-8-14(22-6-2)15(11-13)21-4;/h7-8,11H,5-6,9-10,12H2,1-4H3,(H2,17,18,19);1H. The highest BCUT2D eigenvalue weighted by Crippen LogP contribution is 2.28. The Morgan fingerprint density at radius 2 is 1.91 bits per heavy atom. The molecule has 0 aliphatic heterocycles. The second-order valence-corrected chi connectivity index (χ2v) is 4.53. The first kappa shape index (κ1) is 21.8. The zero-order chi connectivity index (χ0) is 16.2. The van der Waals surface area contributed by atoms with Gasteiger partial charge in [-0.1, -0.05) is 6.07 Å². The number of benzene rings is 1. The molecule has 0 saturated carbocycles. The van der Waals surface area contributed by atoms with E-state index in [1.807, 2.05) is 32.0 Å². The Balaban J connectivity index is 0.00000484. The Hall–Kier alpha value is -1.22. The summed E-state index contributed by atoms with van der Waals surface area (Å²) >= 11 is 0. The number of nitrogens with zero attached hydrogens (tertiary/aromatic N) is 1. The summed E-state index contributed by atoms with van der Waals surface area (Å²) in [5.74, 6) is 2.25. The minimum Gasteiger partial charge on any atom is -0.493 e. The van der Waals surface area contributed by atoms with Crippen LogP contribution in [0.1, 0.15) is 19.4 Å². The van der Waals surface area contributed by atoms with Gasteiger partial charge >= 0.3 is 0 Å². The molecule has 0 amide bonds. The molecule has 0 bridgehead atoms. The molecule has 0 aliphatic carbocycles. The molecule has 0 heterocycles. The molecule has 132 valence electrons. The molecule has 7 heteroatoms. The summed E-state index contributed by atoms with van der Waals surface area (Å²) in [6, 6.07) is 5.86. The van der Waals surface area contributed by atoms with Crippen molar-refractivity contribution in [3.05, 3.63) is 23.8 Å². The highest BCUT2D eigenvalue weighted by molar-refractivity contribution is 14.0. The summed E-state index contributed by atoms with van der Waals surface area (Å²) in [5.41, 5.74) is 1.06. The highest BCUT2D eigenvalue weighted by atomic mass is 127. The van der Waals surface area contributed by atoms with Crippen molar-refractivity contribution in [1.29, 1.82) is 0 Å². The molecule has 0 fully saturated rings. The summed E-state index contributed by atoms with van der Waals surface area (Å²) in [4.78, 5) is 4.55. The minimum absolute atomic E-state index is 0. The number of aliphatic imine (C=N–C) groups is 1. The van der Waals surface area contributed by atoms with Crippen LogP contribution < -0.4 is 20.1 Å². The lowest BCUT2D eigenvalue weighted by Gasteiger charge is -2.12. The third-order valence-corrected chi connectivity index (χ3v) is 2.89. The van der Waals surface area contributed by atoms with E-state index in [0.29, 0.717) is 19.8 Å². The van der Waals surface area contributed by atoms with Gasteiger partial charge in [-0.25, -0.2) is 4.99 Å². The molecule has 0 saturated heterocycles. The summed E-state index contributed by atoms with van der Waals surface area (Å²) < 4.78 is 15.9. The molecule has 1 aromatic rings. The number of methoxy groups -OCH3 is 2. The van der Waals surface area contributed by atoms with Crippen LogP contribution in [0.2, 0.25) is 0 Å². The average molecular weight is 437 g/mol. The van der Waals surface area contributed by atoms with Crippen LogP contribution in [0, 0.1) is 0 Å². The van der Waals surface area contributed by atoms with Crippen molar-refractivity contribution in [3.63, 3.8) is 0 Å². The van der Waals surface area contributed by atoms with E-state index in [1.165, 1.54) is 0 Å². The number of hydrogen-bond acceptors (Lipinski definition) is 4. The largest absolute Gasteiger partial charge is 0.493 e. The normalized spacial score (nSPS) is 10.7. The van der Waals surface area contributed by atoms with Crippen molar-refractivity contribution in [2.75, 3.05) is 40.5 Å². The Kier molecular flexibility index (Phi) is 12.5. The Morgan fingerprint density at radius 1 is 1.13 bits per heavy atom. The van der Waals surface area contributed by atoms with Crippen molar-refractivity contribution in [2.45, 2.75) is 20.4 Å². The molecule has 1 aromatic carbocycles.